The largest absolute Gasteiger partial charge is 0.378 e. The summed E-state index contributed by atoms with van der Waals surface area (Å²) in [7, 11) is 0. The average Bonchev–Trinajstić information content (AvgIpc) is 2.85. The Labute approximate surface area is 119 Å². The van der Waals surface area contributed by atoms with Gasteiger partial charge in [0.2, 0.25) is 5.91 Å². The molecule has 0 fully saturated rings. The van der Waals surface area contributed by atoms with Crippen LogP contribution >= 0.6 is 0 Å². The van der Waals surface area contributed by atoms with Crippen molar-refractivity contribution in [1.29, 1.82) is 0 Å². The summed E-state index contributed by atoms with van der Waals surface area (Å²) < 4.78 is 2.15. The Balaban J connectivity index is 1.93. The molecule has 1 heterocycles. The lowest BCUT2D eigenvalue weighted by molar-refractivity contribution is -0.114. The second-order valence-corrected chi connectivity index (χ2v) is 4.65. The number of nitrogens with one attached hydrogen (secondary N) is 2. The fraction of sp³-hybridized carbons (Fsp3) is 0.333. The second kappa shape index (κ2) is 6.75. The number of aromatic nitrogens is 2. The SMILES string of the molecule is CCCn1ccnc1CNc1ccc(NC(C)=O)cc1. The van der Waals surface area contributed by atoms with Gasteiger partial charge in [-0.15, -0.1) is 0 Å². The van der Waals surface area contributed by atoms with Crippen molar-refractivity contribution in [2.45, 2.75) is 33.4 Å². The predicted molar refractivity (Wildman–Crippen MR) is 80.6 cm³/mol. The highest BCUT2D eigenvalue weighted by Crippen LogP contribution is 2.14. The number of imidazole rings is 1. The molecule has 0 aliphatic carbocycles. The summed E-state index contributed by atoms with van der Waals surface area (Å²) in [5, 5.41) is 6.07. The highest BCUT2D eigenvalue weighted by Gasteiger charge is 2.02. The van der Waals surface area contributed by atoms with E-state index in [9.17, 15) is 4.79 Å². The van der Waals surface area contributed by atoms with Crippen LogP contribution in [-0.4, -0.2) is 15.5 Å². The van der Waals surface area contributed by atoms with E-state index in [2.05, 4.69) is 27.1 Å². The van der Waals surface area contributed by atoms with Crippen molar-refractivity contribution in [3.8, 4) is 0 Å². The lowest BCUT2D eigenvalue weighted by Gasteiger charge is -2.09. The van der Waals surface area contributed by atoms with Crippen molar-refractivity contribution in [3.05, 3.63) is 42.5 Å². The highest BCUT2D eigenvalue weighted by molar-refractivity contribution is 5.88. The van der Waals surface area contributed by atoms with Gasteiger partial charge in [-0.3, -0.25) is 4.79 Å². The summed E-state index contributed by atoms with van der Waals surface area (Å²) in [5.41, 5.74) is 1.81. The summed E-state index contributed by atoms with van der Waals surface area (Å²) in [5.74, 6) is 0.963. The molecule has 0 radical (unpaired) electrons. The number of anilines is 2. The standard InChI is InChI=1S/C15H20N4O/c1-3-9-19-10-8-16-15(19)11-17-13-4-6-14(7-5-13)18-12(2)20/h4-8,10,17H,3,9,11H2,1-2H3,(H,18,20). The van der Waals surface area contributed by atoms with Crippen LogP contribution in [0, 0.1) is 0 Å². The first-order valence-corrected chi connectivity index (χ1v) is 6.80. The van der Waals surface area contributed by atoms with E-state index in [1.807, 2.05) is 36.7 Å². The fourth-order valence-corrected chi connectivity index (χ4v) is 2.01. The number of carbonyl (C=O) groups excluding carboxylic acids is 1. The van der Waals surface area contributed by atoms with Gasteiger partial charge in [-0.1, -0.05) is 6.92 Å². The number of aryl methyl sites for hydroxylation is 1. The molecule has 5 heteroatoms. The van der Waals surface area contributed by atoms with Crippen LogP contribution in [0.25, 0.3) is 0 Å². The minimum Gasteiger partial charge on any atom is -0.378 e. The normalized spacial score (nSPS) is 10.3. The smallest absolute Gasteiger partial charge is 0.221 e. The molecule has 2 N–H and O–H groups in total. The van der Waals surface area contributed by atoms with Crippen molar-refractivity contribution >= 4 is 17.3 Å². The van der Waals surface area contributed by atoms with Gasteiger partial charge in [-0.25, -0.2) is 4.98 Å². The molecular weight excluding hydrogens is 252 g/mol. The van der Waals surface area contributed by atoms with Gasteiger partial charge in [0.15, 0.2) is 0 Å². The van der Waals surface area contributed by atoms with Gasteiger partial charge in [0.05, 0.1) is 6.54 Å². The molecule has 0 spiro atoms. The Bertz CT molecular complexity index is 560. The molecule has 0 saturated heterocycles. The van der Waals surface area contributed by atoms with E-state index in [4.69, 9.17) is 0 Å². The number of amides is 1. The van der Waals surface area contributed by atoms with Crippen LogP contribution < -0.4 is 10.6 Å². The van der Waals surface area contributed by atoms with E-state index in [0.717, 1.165) is 30.2 Å². The van der Waals surface area contributed by atoms with E-state index in [1.165, 1.54) is 6.92 Å². The Kier molecular flexibility index (Phi) is 4.76. The molecule has 106 valence electrons. The minimum atomic E-state index is -0.0627. The van der Waals surface area contributed by atoms with Crippen LogP contribution in [0.1, 0.15) is 26.1 Å². The number of nitrogens with zero attached hydrogens (tertiary/aromatic N) is 2. The Morgan fingerprint density at radius 3 is 2.60 bits per heavy atom. The van der Waals surface area contributed by atoms with Gasteiger partial charge < -0.3 is 15.2 Å². The Morgan fingerprint density at radius 2 is 1.95 bits per heavy atom. The van der Waals surface area contributed by atoms with Crippen LogP contribution in [0.4, 0.5) is 11.4 Å². The molecule has 1 aromatic carbocycles. The fourth-order valence-electron chi connectivity index (χ4n) is 2.01. The summed E-state index contributed by atoms with van der Waals surface area (Å²) in [4.78, 5) is 15.3. The first kappa shape index (κ1) is 14.1. The van der Waals surface area contributed by atoms with E-state index in [-0.39, 0.29) is 5.91 Å². The maximum Gasteiger partial charge on any atom is 0.221 e. The van der Waals surface area contributed by atoms with E-state index in [1.54, 1.807) is 0 Å². The summed E-state index contributed by atoms with van der Waals surface area (Å²) in [6.45, 7) is 5.32. The van der Waals surface area contributed by atoms with E-state index < -0.39 is 0 Å². The number of benzene rings is 1. The van der Waals surface area contributed by atoms with Crippen molar-refractivity contribution in [1.82, 2.24) is 9.55 Å². The zero-order valence-corrected chi connectivity index (χ0v) is 11.9. The minimum absolute atomic E-state index is 0.0627. The molecule has 20 heavy (non-hydrogen) atoms. The van der Waals surface area contributed by atoms with Crippen molar-refractivity contribution in [2.75, 3.05) is 10.6 Å². The number of hydrogen-bond donors (Lipinski definition) is 2. The third kappa shape index (κ3) is 3.85. The third-order valence-electron chi connectivity index (χ3n) is 2.92. The maximum atomic E-state index is 10.9. The van der Waals surface area contributed by atoms with Crippen LogP contribution in [0.5, 0.6) is 0 Å². The van der Waals surface area contributed by atoms with Gasteiger partial charge >= 0.3 is 0 Å². The monoisotopic (exact) mass is 272 g/mol. The summed E-state index contributed by atoms with van der Waals surface area (Å²) >= 11 is 0. The topological polar surface area (TPSA) is 59.0 Å². The van der Waals surface area contributed by atoms with Gasteiger partial charge in [0, 0.05) is 37.2 Å². The maximum absolute atomic E-state index is 10.9. The van der Waals surface area contributed by atoms with Crippen LogP contribution in [-0.2, 0) is 17.9 Å². The Morgan fingerprint density at radius 1 is 1.25 bits per heavy atom. The summed E-state index contributed by atoms with van der Waals surface area (Å²) in [6, 6.07) is 7.64. The van der Waals surface area contributed by atoms with Crippen molar-refractivity contribution in [3.63, 3.8) is 0 Å². The molecule has 2 aromatic rings. The predicted octanol–water partition coefficient (Wildman–Crippen LogP) is 2.86. The second-order valence-electron chi connectivity index (χ2n) is 4.65. The molecule has 0 atom stereocenters. The van der Waals surface area contributed by atoms with Gasteiger partial charge in [-0.2, -0.15) is 0 Å². The molecule has 0 saturated carbocycles. The van der Waals surface area contributed by atoms with E-state index in [0.29, 0.717) is 6.54 Å². The molecule has 1 aromatic heterocycles. The molecule has 0 unspecified atom stereocenters. The van der Waals surface area contributed by atoms with Crippen molar-refractivity contribution in [2.24, 2.45) is 0 Å². The van der Waals surface area contributed by atoms with Crippen LogP contribution in [0.3, 0.4) is 0 Å². The molecule has 0 aliphatic heterocycles. The molecule has 0 bridgehead atoms. The number of carbonyl (C=O) groups is 1. The zero-order chi connectivity index (χ0) is 14.4. The number of hydrogen-bond acceptors (Lipinski definition) is 3. The molecule has 2 rings (SSSR count). The first-order chi connectivity index (χ1) is 9.69. The van der Waals surface area contributed by atoms with Gasteiger partial charge in [0.1, 0.15) is 5.82 Å². The third-order valence-corrected chi connectivity index (χ3v) is 2.92. The summed E-state index contributed by atoms with van der Waals surface area (Å²) in [6.07, 6.45) is 4.92. The average molecular weight is 272 g/mol. The van der Waals surface area contributed by atoms with Crippen molar-refractivity contribution < 1.29 is 4.79 Å². The zero-order valence-electron chi connectivity index (χ0n) is 11.9. The quantitative estimate of drug-likeness (QED) is 0.850. The van der Waals surface area contributed by atoms with Crippen LogP contribution in [0.15, 0.2) is 36.7 Å². The number of rotatable bonds is 6. The molecular formula is C15H20N4O. The van der Waals surface area contributed by atoms with E-state index >= 15 is 0 Å². The highest BCUT2D eigenvalue weighted by atomic mass is 16.1. The lowest BCUT2D eigenvalue weighted by atomic mass is 10.2. The lowest BCUT2D eigenvalue weighted by Crippen LogP contribution is -2.09. The van der Waals surface area contributed by atoms with Gasteiger partial charge in [0.25, 0.3) is 0 Å². The molecule has 0 aliphatic rings. The van der Waals surface area contributed by atoms with Gasteiger partial charge in [-0.05, 0) is 30.7 Å². The molecule has 5 nitrogen and oxygen atoms in total. The van der Waals surface area contributed by atoms with Crippen LogP contribution in [0.2, 0.25) is 0 Å². The Hall–Kier alpha value is -2.30. The molecule has 1 amide bonds. The first-order valence-electron chi connectivity index (χ1n) is 6.80.